The minimum atomic E-state index is -0.264. The standard InChI is InChI=1S/C29H56O2.C21H38O2.C8H17.C4H8O.BrH.Mg/c1-3-5-7-9-11-12-13-14-15-16-17-18-19-21-23-25-27-31-28-29(30)26-24-22-20-10-8-6-4-2;1-2-3-4-5-6-7-8-9-10-11-12-13-14-15-16-17-18-22-19-21-20-23-21;1-3-5-7-8-6-4-2;1-2-4-5-3-1;;/h11-12,14-15,29-30H,3-10,13,16-28H2,1-2H3;6-7,9-10,21H,2-5,8,11-20H2,1H3;1,3-8H2,2H3;1-4H2;1H;/q;;-1;;;+2/p-1/b12-11-,15-14-;7-6-,10-9-;;;;/t29-;21-;;;;/m10..../s1. The first kappa shape index (κ1) is 75.5. The van der Waals surface area contributed by atoms with E-state index >= 15 is 0 Å². The van der Waals surface area contributed by atoms with Crippen LogP contribution in [0.5, 0.6) is 0 Å². The second kappa shape index (κ2) is 72.3. The molecule has 0 amide bonds. The Kier molecular flexibility index (Phi) is 79.1. The zero-order chi connectivity index (χ0) is 48.9. The normalized spacial score (nSPS) is 14.6. The van der Waals surface area contributed by atoms with E-state index in [9.17, 15) is 5.11 Å². The fourth-order valence-corrected chi connectivity index (χ4v) is 7.69. The summed E-state index contributed by atoms with van der Waals surface area (Å²) in [7, 11) is 0. The van der Waals surface area contributed by atoms with E-state index in [0.29, 0.717) is 12.7 Å². The molecule has 0 radical (unpaired) electrons. The van der Waals surface area contributed by atoms with Crippen molar-refractivity contribution >= 4 is 23.1 Å². The Balaban J connectivity index is -0.000000482. The Morgan fingerprint density at radius 2 is 0.826 bits per heavy atom. The zero-order valence-corrected chi connectivity index (χ0v) is 49.9. The first-order valence-electron chi connectivity index (χ1n) is 29.6. The summed E-state index contributed by atoms with van der Waals surface area (Å²) in [6.45, 7) is 18.7. The van der Waals surface area contributed by atoms with E-state index in [-0.39, 0.29) is 46.1 Å². The average molecular weight is 1050 g/mol. The van der Waals surface area contributed by atoms with Gasteiger partial charge in [-0.15, -0.1) is 0 Å². The van der Waals surface area contributed by atoms with Crippen LogP contribution >= 0.6 is 0 Å². The topological polar surface area (TPSA) is 60.5 Å². The van der Waals surface area contributed by atoms with Crippen molar-refractivity contribution in [1.29, 1.82) is 0 Å². The van der Waals surface area contributed by atoms with Crippen LogP contribution in [-0.2, 0) is 18.9 Å². The summed E-state index contributed by atoms with van der Waals surface area (Å²) >= 11 is 0. The molecular weight excluding hydrogens is 929 g/mol. The molecule has 2 rings (SSSR count). The fourth-order valence-electron chi connectivity index (χ4n) is 7.69. The van der Waals surface area contributed by atoms with Gasteiger partial charge < -0.3 is 48.0 Å². The van der Waals surface area contributed by atoms with E-state index in [1.54, 1.807) is 0 Å². The van der Waals surface area contributed by atoms with Crippen LogP contribution in [0.15, 0.2) is 48.6 Å². The Hall–Kier alpha value is 0.00623. The van der Waals surface area contributed by atoms with Crippen molar-refractivity contribution in [3.8, 4) is 0 Å². The van der Waals surface area contributed by atoms with Crippen molar-refractivity contribution in [3.05, 3.63) is 55.5 Å². The largest absolute Gasteiger partial charge is 2.00 e. The van der Waals surface area contributed by atoms with Crippen LogP contribution < -0.4 is 17.0 Å². The Bertz CT molecular complexity index is 968. The Morgan fingerprint density at radius 3 is 1.22 bits per heavy atom. The van der Waals surface area contributed by atoms with Crippen LogP contribution in [0.1, 0.15) is 285 Å². The number of hydrogen-bond acceptors (Lipinski definition) is 5. The van der Waals surface area contributed by atoms with E-state index in [2.05, 4.69) is 83.2 Å². The molecule has 2 heterocycles. The number of halogens is 1. The second-order valence-electron chi connectivity index (χ2n) is 19.4. The molecule has 0 spiro atoms. The van der Waals surface area contributed by atoms with Gasteiger partial charge in [-0.1, -0.05) is 230 Å². The van der Waals surface area contributed by atoms with Gasteiger partial charge >= 0.3 is 23.1 Å². The van der Waals surface area contributed by atoms with Crippen LogP contribution in [-0.4, -0.2) is 86.6 Å². The third kappa shape index (κ3) is 77.1. The van der Waals surface area contributed by atoms with E-state index in [1.165, 1.54) is 218 Å². The van der Waals surface area contributed by atoms with Gasteiger partial charge in [0.25, 0.3) is 0 Å². The number of hydrogen-bond donors (Lipinski definition) is 1. The summed E-state index contributed by atoms with van der Waals surface area (Å²) in [6, 6.07) is 0. The summed E-state index contributed by atoms with van der Waals surface area (Å²) in [5, 5.41) is 9.99. The summed E-state index contributed by atoms with van der Waals surface area (Å²) in [6.07, 6.45) is 70.2. The molecule has 2 atom stereocenters. The molecule has 2 aliphatic heterocycles. The SMILES string of the molecule is C1CCOC1.CCCCC/C=C\C/C=C\CCCCCCCCOC[C@H](O)CCCCCCCCC.CCCCC/C=C\C/C=C\CCCCCCCCOC[C@H]1CO1.[Br-].[CH2-]CCCCCCC.[Mg+2]. The number of epoxide rings is 1. The van der Waals surface area contributed by atoms with Crippen molar-refractivity contribution in [2.45, 2.75) is 297 Å². The molecule has 2 fully saturated rings. The maximum absolute atomic E-state index is 9.99. The first-order valence-corrected chi connectivity index (χ1v) is 29.6. The second-order valence-corrected chi connectivity index (χ2v) is 19.4. The first-order chi connectivity index (χ1) is 33.2. The van der Waals surface area contributed by atoms with Gasteiger partial charge in [0, 0.05) is 26.4 Å². The van der Waals surface area contributed by atoms with Crippen molar-refractivity contribution < 1.29 is 41.0 Å². The summed E-state index contributed by atoms with van der Waals surface area (Å²) < 4.78 is 21.2. The number of aliphatic hydroxyl groups is 1. The Labute approximate surface area is 459 Å². The van der Waals surface area contributed by atoms with Gasteiger partial charge in [-0.2, -0.15) is 6.42 Å². The molecule has 7 heteroatoms. The third-order valence-electron chi connectivity index (χ3n) is 12.3. The molecule has 406 valence electrons. The summed E-state index contributed by atoms with van der Waals surface area (Å²) in [4.78, 5) is 0. The zero-order valence-electron chi connectivity index (χ0n) is 46.9. The van der Waals surface area contributed by atoms with Crippen LogP contribution in [0, 0.1) is 6.92 Å². The Morgan fingerprint density at radius 1 is 0.478 bits per heavy atom. The number of unbranched alkanes of at least 4 members (excludes halogenated alkanes) is 29. The molecular formula is C62H119BrMgO5. The molecule has 0 aromatic carbocycles. The predicted molar refractivity (Wildman–Crippen MR) is 303 cm³/mol. The smallest absolute Gasteiger partial charge is 1.00 e. The molecule has 0 aliphatic carbocycles. The van der Waals surface area contributed by atoms with Gasteiger partial charge in [0.05, 0.1) is 25.9 Å². The predicted octanol–water partition coefficient (Wildman–Crippen LogP) is 16.1. The fraction of sp³-hybridized carbons (Fsp3) is 0.855. The quantitative estimate of drug-likeness (QED) is 0.0216. The van der Waals surface area contributed by atoms with Gasteiger partial charge in [0.2, 0.25) is 0 Å². The summed E-state index contributed by atoms with van der Waals surface area (Å²) in [5.74, 6) is 0. The number of aliphatic hydroxyl groups excluding tert-OH is 1. The molecule has 5 nitrogen and oxygen atoms in total. The molecule has 0 aromatic rings. The number of allylic oxidation sites excluding steroid dienone is 8. The minimum absolute atomic E-state index is 0. The van der Waals surface area contributed by atoms with Gasteiger partial charge in [-0.3, -0.25) is 0 Å². The maximum atomic E-state index is 9.99. The molecule has 0 saturated carbocycles. The van der Waals surface area contributed by atoms with Gasteiger partial charge in [-0.25, -0.2) is 0 Å². The molecule has 2 saturated heterocycles. The van der Waals surface area contributed by atoms with Gasteiger partial charge in [0.1, 0.15) is 6.10 Å². The van der Waals surface area contributed by atoms with Crippen molar-refractivity contribution in [2.75, 3.05) is 46.2 Å². The van der Waals surface area contributed by atoms with Gasteiger partial charge in [0.15, 0.2) is 0 Å². The maximum Gasteiger partial charge on any atom is 2.00 e. The van der Waals surface area contributed by atoms with Crippen molar-refractivity contribution in [3.63, 3.8) is 0 Å². The van der Waals surface area contributed by atoms with Gasteiger partial charge in [-0.05, 0) is 96.3 Å². The van der Waals surface area contributed by atoms with Crippen molar-refractivity contribution in [2.24, 2.45) is 0 Å². The van der Waals surface area contributed by atoms with E-state index in [4.69, 9.17) is 18.9 Å². The molecule has 0 aromatic heterocycles. The van der Waals surface area contributed by atoms with E-state index < -0.39 is 0 Å². The van der Waals surface area contributed by atoms with E-state index in [1.807, 2.05) is 0 Å². The molecule has 69 heavy (non-hydrogen) atoms. The average Bonchev–Trinajstić information content (AvgIpc) is 3.96. The monoisotopic (exact) mass is 1050 g/mol. The molecule has 2 aliphatic rings. The van der Waals surface area contributed by atoms with Crippen molar-refractivity contribution in [1.82, 2.24) is 0 Å². The number of ether oxygens (including phenoxy) is 4. The number of rotatable bonds is 47. The summed E-state index contributed by atoms with van der Waals surface area (Å²) in [5.41, 5.74) is 0. The minimum Gasteiger partial charge on any atom is -1.00 e. The molecule has 1 N–H and O–H groups in total. The van der Waals surface area contributed by atoms with Crippen LogP contribution in [0.25, 0.3) is 0 Å². The third-order valence-corrected chi connectivity index (χ3v) is 12.3. The van der Waals surface area contributed by atoms with Crippen LogP contribution in [0.4, 0.5) is 0 Å². The van der Waals surface area contributed by atoms with E-state index in [0.717, 1.165) is 78.2 Å². The van der Waals surface area contributed by atoms with Crippen LogP contribution in [0.2, 0.25) is 0 Å². The molecule has 0 unspecified atom stereocenters. The molecule has 0 bridgehead atoms. The van der Waals surface area contributed by atoms with Crippen LogP contribution in [0.3, 0.4) is 0 Å².